The molecule has 0 amide bonds. The van der Waals surface area contributed by atoms with Crippen molar-refractivity contribution in [3.05, 3.63) is 305 Å². The summed E-state index contributed by atoms with van der Waals surface area (Å²) in [6, 6.07) is 95.0. The molecule has 1 nitrogen and oxygen atoms in total. The topological polar surface area (TPSA) is 3.24 Å². The van der Waals surface area contributed by atoms with Gasteiger partial charge in [-0.25, -0.2) is 0 Å². The highest BCUT2D eigenvalue weighted by Gasteiger charge is 2.48. The highest BCUT2D eigenvalue weighted by Crippen LogP contribution is 2.59. The van der Waals surface area contributed by atoms with Crippen LogP contribution in [0.3, 0.4) is 0 Å². The maximum Gasteiger partial charge on any atom is 0.0714 e. The number of fused-ring (bicyclic) bond motifs is 7. The van der Waals surface area contributed by atoms with Gasteiger partial charge in [0.2, 0.25) is 0 Å². The summed E-state index contributed by atoms with van der Waals surface area (Å²) in [6.45, 7) is 0. The predicted molar refractivity (Wildman–Crippen MR) is 277 cm³/mol. The van der Waals surface area contributed by atoms with Crippen LogP contribution in [0, 0.1) is 0 Å². The molecule has 13 rings (SSSR count). The van der Waals surface area contributed by atoms with Crippen LogP contribution in [0.2, 0.25) is 0 Å². The number of benzene rings is 10. The average molecular weight is 858 g/mol. The van der Waals surface area contributed by atoms with Crippen molar-refractivity contribution in [1.29, 1.82) is 0 Å². The van der Waals surface area contributed by atoms with Crippen molar-refractivity contribution in [3.63, 3.8) is 0 Å². The molecule has 310 valence electrons. The monoisotopic (exact) mass is 857 g/mol. The molecule has 2 heteroatoms. The predicted octanol–water partition coefficient (Wildman–Crippen LogP) is 16.8. The minimum absolute atomic E-state index is 0.484. The second-order valence-electron chi connectivity index (χ2n) is 17.6. The molecule has 0 bridgehead atoms. The Morgan fingerprint density at radius 1 is 0.288 bits per heavy atom. The minimum Gasteiger partial charge on any atom is -0.310 e. The lowest BCUT2D eigenvalue weighted by Crippen LogP contribution is -2.29. The molecule has 0 saturated carbocycles. The van der Waals surface area contributed by atoms with Gasteiger partial charge in [-0.05, 0) is 143 Å². The molecule has 2 aliphatic carbocycles. The van der Waals surface area contributed by atoms with E-state index in [2.05, 4.69) is 265 Å². The summed E-state index contributed by atoms with van der Waals surface area (Å²) in [7, 11) is 0. The van der Waals surface area contributed by atoms with Gasteiger partial charge in [-0.2, -0.15) is 0 Å². The van der Waals surface area contributed by atoms with Crippen LogP contribution in [-0.2, 0) is 10.8 Å². The van der Waals surface area contributed by atoms with E-state index >= 15 is 0 Å². The largest absolute Gasteiger partial charge is 0.310 e. The van der Waals surface area contributed by atoms with Crippen molar-refractivity contribution >= 4 is 38.5 Å². The molecule has 0 N–H and O–H groups in total. The summed E-state index contributed by atoms with van der Waals surface area (Å²) in [5.74, 6) is 0. The van der Waals surface area contributed by atoms with Crippen LogP contribution in [0.15, 0.2) is 260 Å². The van der Waals surface area contributed by atoms with Crippen molar-refractivity contribution in [1.82, 2.24) is 0 Å². The third-order valence-electron chi connectivity index (χ3n) is 14.3. The van der Waals surface area contributed by atoms with Crippen molar-refractivity contribution in [3.8, 4) is 33.4 Å². The van der Waals surface area contributed by atoms with Crippen molar-refractivity contribution in [2.24, 2.45) is 0 Å². The smallest absolute Gasteiger partial charge is 0.0714 e. The quantitative estimate of drug-likeness (QED) is 0.147. The Morgan fingerprint density at radius 3 is 1.38 bits per heavy atom. The van der Waals surface area contributed by atoms with E-state index < -0.39 is 10.8 Å². The first-order chi connectivity index (χ1) is 32.7. The van der Waals surface area contributed by atoms with E-state index in [4.69, 9.17) is 0 Å². The zero-order valence-electron chi connectivity index (χ0n) is 36.2. The van der Waals surface area contributed by atoms with Crippen molar-refractivity contribution in [2.45, 2.75) is 10.8 Å². The molecule has 0 atom stereocenters. The fourth-order valence-electron chi connectivity index (χ4n) is 11.6. The van der Waals surface area contributed by atoms with Crippen LogP contribution >= 0.6 is 11.3 Å². The summed E-state index contributed by atoms with van der Waals surface area (Å²) >= 11 is 1.79. The van der Waals surface area contributed by atoms with E-state index in [0.29, 0.717) is 0 Å². The van der Waals surface area contributed by atoms with Crippen LogP contribution in [0.25, 0.3) is 43.5 Å². The number of hydrogen-bond acceptors (Lipinski definition) is 2. The summed E-state index contributed by atoms with van der Waals surface area (Å²) in [5.41, 5.74) is 19.9. The Bertz CT molecular complexity index is 3510. The molecule has 0 unspecified atom stereocenters. The SMILES string of the molecule is c1ccc(C2(c3ccccc3)c3ccccc3-c3cc(N(c4cccc(-c5ccc6sccc6c5)c4)c4ccc5c(c4)C(c4ccccc4)(c4ccccc4)c4ccccc4-5)ccc32)cc1. The van der Waals surface area contributed by atoms with Gasteiger partial charge >= 0.3 is 0 Å². The zero-order valence-corrected chi connectivity index (χ0v) is 37.0. The average Bonchev–Trinajstić information content (AvgIpc) is 4.08. The lowest BCUT2D eigenvalue weighted by Gasteiger charge is -2.35. The maximum absolute atomic E-state index is 2.49. The van der Waals surface area contributed by atoms with Gasteiger partial charge in [0.25, 0.3) is 0 Å². The van der Waals surface area contributed by atoms with E-state index in [1.165, 1.54) is 88.0 Å². The molecule has 0 aliphatic heterocycles. The number of nitrogens with zero attached hydrogens (tertiary/aromatic N) is 1. The number of rotatable bonds is 8. The summed E-state index contributed by atoms with van der Waals surface area (Å²) in [6.07, 6.45) is 0. The molecular weight excluding hydrogens is 815 g/mol. The molecule has 66 heavy (non-hydrogen) atoms. The van der Waals surface area contributed by atoms with Crippen LogP contribution in [0.4, 0.5) is 17.1 Å². The van der Waals surface area contributed by atoms with Gasteiger partial charge in [-0.1, -0.05) is 200 Å². The molecule has 2 aliphatic rings. The second kappa shape index (κ2) is 15.3. The first-order valence-corrected chi connectivity index (χ1v) is 23.7. The third-order valence-corrected chi connectivity index (χ3v) is 15.2. The van der Waals surface area contributed by atoms with E-state index in [9.17, 15) is 0 Å². The molecule has 1 heterocycles. The Balaban J connectivity index is 1.07. The second-order valence-corrected chi connectivity index (χ2v) is 18.5. The third kappa shape index (κ3) is 5.65. The first kappa shape index (κ1) is 38.4. The van der Waals surface area contributed by atoms with Crippen LogP contribution in [0.5, 0.6) is 0 Å². The summed E-state index contributed by atoms with van der Waals surface area (Å²) in [5, 5.41) is 3.45. The minimum atomic E-state index is -0.532. The normalized spacial score (nSPS) is 13.7. The Kier molecular flexibility index (Phi) is 8.91. The van der Waals surface area contributed by atoms with Crippen molar-refractivity contribution in [2.75, 3.05) is 4.90 Å². The maximum atomic E-state index is 2.49. The van der Waals surface area contributed by atoms with Gasteiger partial charge in [0.05, 0.1) is 10.8 Å². The Labute approximate surface area is 390 Å². The molecule has 0 radical (unpaired) electrons. The summed E-state index contributed by atoms with van der Waals surface area (Å²) in [4.78, 5) is 2.49. The van der Waals surface area contributed by atoms with Crippen molar-refractivity contribution < 1.29 is 0 Å². The zero-order chi connectivity index (χ0) is 43.7. The standard InChI is InChI=1S/C64H43NS/c1-5-19-47(20-6-1)63(48-21-7-2-8-22-48)59-31-16-14-29-55(59)57-42-52(34-36-60(57)63)65(51-27-17-18-44(41-51)45-32-37-62-46(40-45)38-39-66-62)53-33-35-56-54-28-13-15-30-58(54)64(61(56)43-53,49-23-9-3-10-24-49)50-25-11-4-12-26-50/h1-43H. The van der Waals surface area contributed by atoms with Gasteiger partial charge in [0.15, 0.2) is 0 Å². The molecule has 1 aromatic heterocycles. The van der Waals surface area contributed by atoms with Gasteiger partial charge < -0.3 is 4.90 Å². The van der Waals surface area contributed by atoms with Crippen LogP contribution < -0.4 is 4.90 Å². The van der Waals surface area contributed by atoms with Crippen LogP contribution in [0.1, 0.15) is 44.5 Å². The number of thiophene rings is 1. The fourth-order valence-corrected chi connectivity index (χ4v) is 12.3. The van der Waals surface area contributed by atoms with Gasteiger partial charge in [0.1, 0.15) is 0 Å². The summed E-state index contributed by atoms with van der Waals surface area (Å²) < 4.78 is 1.30. The van der Waals surface area contributed by atoms with E-state index in [-0.39, 0.29) is 0 Å². The molecule has 0 saturated heterocycles. The number of anilines is 3. The highest BCUT2D eigenvalue weighted by atomic mass is 32.1. The molecule has 0 fully saturated rings. The van der Waals surface area contributed by atoms with E-state index in [1.54, 1.807) is 11.3 Å². The number of hydrogen-bond donors (Lipinski definition) is 0. The van der Waals surface area contributed by atoms with E-state index in [0.717, 1.165) is 17.1 Å². The lowest BCUT2D eigenvalue weighted by atomic mass is 9.67. The van der Waals surface area contributed by atoms with Crippen LogP contribution in [-0.4, -0.2) is 0 Å². The molecule has 10 aromatic carbocycles. The fraction of sp³-hybridized carbons (Fsp3) is 0.0312. The molecule has 11 aromatic rings. The Hall–Kier alpha value is -8.04. The van der Waals surface area contributed by atoms with E-state index in [1.807, 2.05) is 0 Å². The molecule has 0 spiro atoms. The van der Waals surface area contributed by atoms with Gasteiger partial charge in [0, 0.05) is 21.8 Å². The highest BCUT2D eigenvalue weighted by molar-refractivity contribution is 7.17. The Morgan fingerprint density at radius 2 is 0.758 bits per heavy atom. The van der Waals surface area contributed by atoms with Gasteiger partial charge in [-0.15, -0.1) is 11.3 Å². The molecular formula is C64H43NS. The van der Waals surface area contributed by atoms with Gasteiger partial charge in [-0.3, -0.25) is 0 Å². The lowest BCUT2D eigenvalue weighted by molar-refractivity contribution is 0.768. The first-order valence-electron chi connectivity index (χ1n) is 22.8.